The Bertz CT molecular complexity index is 997. The van der Waals surface area contributed by atoms with Crippen molar-refractivity contribution in [3.05, 3.63) is 53.1 Å². The fourth-order valence-corrected chi connectivity index (χ4v) is 5.11. The van der Waals surface area contributed by atoms with Crippen LogP contribution in [-0.4, -0.2) is 48.7 Å². The number of fused-ring (bicyclic) bond motifs is 1. The zero-order valence-electron chi connectivity index (χ0n) is 17.9. The van der Waals surface area contributed by atoms with Crippen molar-refractivity contribution in [1.29, 1.82) is 0 Å². The molecule has 0 unspecified atom stereocenters. The quantitative estimate of drug-likeness (QED) is 0.437. The smallest absolute Gasteiger partial charge is 0.260 e. The molecule has 0 atom stereocenters. The normalized spacial score (nSPS) is 11.4. The van der Waals surface area contributed by atoms with Gasteiger partial charge in [-0.3, -0.25) is 9.69 Å². The van der Waals surface area contributed by atoms with Crippen molar-refractivity contribution < 1.29 is 4.79 Å². The Morgan fingerprint density at radius 2 is 1.93 bits per heavy atom. The van der Waals surface area contributed by atoms with Gasteiger partial charge in [-0.05, 0) is 82.1 Å². The van der Waals surface area contributed by atoms with Crippen molar-refractivity contribution in [3.8, 4) is 0 Å². The van der Waals surface area contributed by atoms with Gasteiger partial charge in [0, 0.05) is 17.0 Å². The van der Waals surface area contributed by atoms with Crippen molar-refractivity contribution >= 4 is 44.4 Å². The van der Waals surface area contributed by atoms with Crippen LogP contribution in [0.1, 0.15) is 34.8 Å². The molecule has 1 amide bonds. The van der Waals surface area contributed by atoms with Crippen molar-refractivity contribution in [1.82, 2.24) is 9.88 Å². The van der Waals surface area contributed by atoms with E-state index in [0.29, 0.717) is 6.54 Å². The molecule has 1 heterocycles. The van der Waals surface area contributed by atoms with Gasteiger partial charge < -0.3 is 4.90 Å². The minimum Gasteiger partial charge on any atom is -0.309 e. The van der Waals surface area contributed by atoms with Gasteiger partial charge in [0.05, 0.1) is 10.2 Å². The largest absolute Gasteiger partial charge is 0.309 e. The molecule has 3 aromatic rings. The van der Waals surface area contributed by atoms with E-state index in [2.05, 4.69) is 58.0 Å². The predicted molar refractivity (Wildman–Crippen MR) is 127 cm³/mol. The number of nitrogens with zero attached hydrogens (tertiary/aromatic N) is 3. The first kappa shape index (κ1) is 21.8. The van der Waals surface area contributed by atoms with Gasteiger partial charge in [-0.2, -0.15) is 0 Å². The van der Waals surface area contributed by atoms with Gasteiger partial charge in [-0.25, -0.2) is 4.98 Å². The molecule has 0 spiro atoms. The second-order valence-corrected chi connectivity index (χ2v) is 9.82. The zero-order valence-corrected chi connectivity index (χ0v) is 19.5. The summed E-state index contributed by atoms with van der Waals surface area (Å²) in [6.07, 6.45) is 0.899. The summed E-state index contributed by atoms with van der Waals surface area (Å²) in [4.78, 5) is 23.5. The van der Waals surface area contributed by atoms with Crippen molar-refractivity contribution in [3.63, 3.8) is 0 Å². The number of anilines is 1. The lowest BCUT2D eigenvalue weighted by atomic mass is 10.1. The van der Waals surface area contributed by atoms with Crippen LogP contribution in [0.4, 0.5) is 5.13 Å². The minimum atomic E-state index is 0.0238. The summed E-state index contributed by atoms with van der Waals surface area (Å²) in [6, 6.07) is 12.2. The van der Waals surface area contributed by atoms with E-state index in [1.807, 2.05) is 23.1 Å². The van der Waals surface area contributed by atoms with E-state index in [9.17, 15) is 4.79 Å². The molecule has 0 bridgehead atoms. The van der Waals surface area contributed by atoms with Crippen molar-refractivity contribution in [2.45, 2.75) is 32.1 Å². The number of benzene rings is 2. The summed E-state index contributed by atoms with van der Waals surface area (Å²) in [5.74, 6) is 1.01. The van der Waals surface area contributed by atoms with Gasteiger partial charge in [0.15, 0.2) is 5.13 Å². The monoisotopic (exact) mass is 427 g/mol. The minimum absolute atomic E-state index is 0.0238. The van der Waals surface area contributed by atoms with Crippen LogP contribution in [0.15, 0.2) is 41.3 Å². The van der Waals surface area contributed by atoms with E-state index in [1.54, 1.807) is 23.1 Å². The Morgan fingerprint density at radius 3 is 2.66 bits per heavy atom. The average Bonchev–Trinajstić information content (AvgIpc) is 3.09. The third-order valence-corrected chi connectivity index (χ3v) is 6.77. The number of thioether (sulfide) groups is 1. The fourth-order valence-electron chi connectivity index (χ4n) is 3.35. The molecule has 4 nitrogen and oxygen atoms in total. The second-order valence-electron chi connectivity index (χ2n) is 7.50. The average molecular weight is 428 g/mol. The molecule has 154 valence electrons. The number of carbonyl (C=O) groups excluding carboxylic acids is 1. The number of hydrogen-bond donors (Lipinski definition) is 0. The Hall–Kier alpha value is -1.89. The van der Waals surface area contributed by atoms with Gasteiger partial charge in [-0.1, -0.05) is 30.4 Å². The third-order valence-electron chi connectivity index (χ3n) is 4.66. The lowest BCUT2D eigenvalue weighted by Crippen LogP contribution is -2.33. The van der Waals surface area contributed by atoms with E-state index < -0.39 is 0 Å². The second kappa shape index (κ2) is 9.74. The van der Waals surface area contributed by atoms with Gasteiger partial charge >= 0.3 is 0 Å². The van der Waals surface area contributed by atoms with Crippen LogP contribution >= 0.6 is 23.1 Å². The Kier molecular flexibility index (Phi) is 7.33. The summed E-state index contributed by atoms with van der Waals surface area (Å²) in [5, 5.41) is 0.783. The first-order valence-corrected chi connectivity index (χ1v) is 11.8. The summed E-state index contributed by atoms with van der Waals surface area (Å²) >= 11 is 3.37. The van der Waals surface area contributed by atoms with Crippen LogP contribution in [0, 0.1) is 13.8 Å². The first-order valence-electron chi connectivity index (χ1n) is 9.96. The highest BCUT2D eigenvalue weighted by Gasteiger charge is 2.22. The van der Waals surface area contributed by atoms with E-state index in [1.165, 1.54) is 11.1 Å². The van der Waals surface area contributed by atoms with Crippen LogP contribution in [0.3, 0.4) is 0 Å². The SMILES string of the molecule is CCSc1cccc(C(=O)N(CCCN(C)C)c2nc3cc(C)cc(C)c3s2)c1. The molecule has 1 aromatic heterocycles. The fraction of sp³-hybridized carbons (Fsp3) is 0.391. The number of carbonyl (C=O) groups is 1. The number of aromatic nitrogens is 1. The molecule has 0 aliphatic heterocycles. The molecule has 0 fully saturated rings. The number of aryl methyl sites for hydroxylation is 2. The Labute approximate surface area is 181 Å². The molecule has 0 saturated heterocycles. The number of amides is 1. The lowest BCUT2D eigenvalue weighted by molar-refractivity contribution is 0.0986. The maximum absolute atomic E-state index is 13.5. The summed E-state index contributed by atoms with van der Waals surface area (Å²) < 4.78 is 1.16. The topological polar surface area (TPSA) is 36.4 Å². The molecule has 2 aromatic carbocycles. The zero-order chi connectivity index (χ0) is 21.0. The van der Waals surface area contributed by atoms with E-state index in [0.717, 1.165) is 44.5 Å². The summed E-state index contributed by atoms with van der Waals surface area (Å²) in [6.45, 7) is 7.90. The highest BCUT2D eigenvalue weighted by Crippen LogP contribution is 2.33. The van der Waals surface area contributed by atoms with Gasteiger partial charge in [0.25, 0.3) is 5.91 Å². The first-order chi connectivity index (χ1) is 13.9. The lowest BCUT2D eigenvalue weighted by Gasteiger charge is -2.21. The van der Waals surface area contributed by atoms with Crippen LogP contribution < -0.4 is 4.90 Å². The molecular formula is C23H29N3OS2. The molecule has 0 radical (unpaired) electrons. The number of rotatable bonds is 8. The van der Waals surface area contributed by atoms with Crippen LogP contribution in [0.5, 0.6) is 0 Å². The molecule has 6 heteroatoms. The standard InChI is InChI=1S/C23H29N3OS2/c1-6-28-19-10-7-9-18(15-19)22(27)26(12-8-11-25(4)5)23-24-20-14-16(2)13-17(3)21(20)29-23/h7,9-10,13-15H,6,8,11-12H2,1-5H3. The summed E-state index contributed by atoms with van der Waals surface area (Å²) in [7, 11) is 4.11. The van der Waals surface area contributed by atoms with E-state index in [4.69, 9.17) is 4.98 Å². The molecule has 0 aliphatic rings. The maximum atomic E-state index is 13.5. The number of thiazole rings is 1. The molecule has 3 rings (SSSR count). The Balaban J connectivity index is 1.97. The molecule has 29 heavy (non-hydrogen) atoms. The Morgan fingerprint density at radius 1 is 1.14 bits per heavy atom. The molecule has 0 saturated carbocycles. The number of hydrogen-bond acceptors (Lipinski definition) is 5. The van der Waals surface area contributed by atoms with Gasteiger partial charge in [0.2, 0.25) is 0 Å². The van der Waals surface area contributed by atoms with Gasteiger partial charge in [0.1, 0.15) is 0 Å². The maximum Gasteiger partial charge on any atom is 0.260 e. The van der Waals surface area contributed by atoms with Crippen LogP contribution in [0.2, 0.25) is 0 Å². The summed E-state index contributed by atoms with van der Waals surface area (Å²) in [5.41, 5.74) is 4.11. The third kappa shape index (κ3) is 5.38. The van der Waals surface area contributed by atoms with Gasteiger partial charge in [-0.15, -0.1) is 11.8 Å². The van der Waals surface area contributed by atoms with E-state index >= 15 is 0 Å². The molecule has 0 aliphatic carbocycles. The molecular weight excluding hydrogens is 398 g/mol. The van der Waals surface area contributed by atoms with E-state index in [-0.39, 0.29) is 5.91 Å². The highest BCUT2D eigenvalue weighted by atomic mass is 32.2. The van der Waals surface area contributed by atoms with Crippen molar-refractivity contribution in [2.75, 3.05) is 37.8 Å². The highest BCUT2D eigenvalue weighted by molar-refractivity contribution is 7.99. The predicted octanol–water partition coefficient (Wildman–Crippen LogP) is 5.62. The van der Waals surface area contributed by atoms with Crippen LogP contribution in [0.25, 0.3) is 10.2 Å². The molecule has 0 N–H and O–H groups in total. The van der Waals surface area contributed by atoms with Crippen LogP contribution in [-0.2, 0) is 0 Å². The van der Waals surface area contributed by atoms with Crippen molar-refractivity contribution in [2.24, 2.45) is 0 Å².